The van der Waals surface area contributed by atoms with Crippen molar-refractivity contribution >= 4 is 9.84 Å². The Hall–Kier alpha value is -0.870. The van der Waals surface area contributed by atoms with Crippen LogP contribution >= 0.6 is 0 Å². The van der Waals surface area contributed by atoms with Gasteiger partial charge in [-0.15, -0.1) is 0 Å². The fourth-order valence-corrected chi connectivity index (χ4v) is 2.92. The molecule has 1 rings (SSSR count). The van der Waals surface area contributed by atoms with Crippen LogP contribution in [0.15, 0.2) is 24.3 Å². The molecule has 114 valence electrons. The van der Waals surface area contributed by atoms with Crippen LogP contribution in [0, 0.1) is 6.92 Å². The standard InChI is InChI=1S/C16H27NO2S/c1-4-11-17-16(6-5-12-20(3,18)19)13-15-9-7-14(2)8-10-15/h7-10,16-17H,4-6,11-13H2,1-3H3. The summed E-state index contributed by atoms with van der Waals surface area (Å²) in [5.74, 6) is 0.283. The summed E-state index contributed by atoms with van der Waals surface area (Å²) in [6.07, 6.45) is 5.00. The van der Waals surface area contributed by atoms with Crippen LogP contribution in [0.2, 0.25) is 0 Å². The molecule has 0 amide bonds. The molecule has 1 unspecified atom stereocenters. The Labute approximate surface area is 123 Å². The smallest absolute Gasteiger partial charge is 0.147 e. The lowest BCUT2D eigenvalue weighted by Crippen LogP contribution is -2.32. The number of benzene rings is 1. The second kappa shape index (κ2) is 8.42. The van der Waals surface area contributed by atoms with Crippen LogP contribution in [0.5, 0.6) is 0 Å². The SMILES string of the molecule is CCCNC(CCCS(C)(=O)=O)Cc1ccc(C)cc1. The highest BCUT2D eigenvalue weighted by atomic mass is 32.2. The average molecular weight is 297 g/mol. The molecule has 1 N–H and O–H groups in total. The van der Waals surface area contributed by atoms with Crippen molar-refractivity contribution < 1.29 is 8.42 Å². The van der Waals surface area contributed by atoms with Crippen molar-refractivity contribution in [2.45, 2.75) is 45.6 Å². The van der Waals surface area contributed by atoms with Crippen molar-refractivity contribution in [2.75, 3.05) is 18.6 Å². The normalized spacial score (nSPS) is 13.3. The Morgan fingerprint density at radius 3 is 2.40 bits per heavy atom. The van der Waals surface area contributed by atoms with E-state index in [2.05, 4.69) is 43.4 Å². The summed E-state index contributed by atoms with van der Waals surface area (Å²) >= 11 is 0. The summed E-state index contributed by atoms with van der Waals surface area (Å²) in [5, 5.41) is 3.52. The van der Waals surface area contributed by atoms with Gasteiger partial charge >= 0.3 is 0 Å². The molecule has 0 bridgehead atoms. The third kappa shape index (κ3) is 7.65. The molecule has 0 saturated heterocycles. The molecule has 20 heavy (non-hydrogen) atoms. The summed E-state index contributed by atoms with van der Waals surface area (Å²) < 4.78 is 22.4. The van der Waals surface area contributed by atoms with Gasteiger partial charge in [-0.3, -0.25) is 0 Å². The van der Waals surface area contributed by atoms with Crippen molar-refractivity contribution in [3.05, 3.63) is 35.4 Å². The molecule has 0 aliphatic rings. The van der Waals surface area contributed by atoms with E-state index in [1.807, 2.05) is 0 Å². The second-order valence-corrected chi connectivity index (χ2v) is 7.87. The summed E-state index contributed by atoms with van der Waals surface area (Å²) in [6.45, 7) is 5.21. The van der Waals surface area contributed by atoms with Gasteiger partial charge in [-0.25, -0.2) is 8.42 Å². The number of rotatable bonds is 9. The first-order valence-corrected chi connectivity index (χ1v) is 9.43. The molecular weight excluding hydrogens is 270 g/mol. The van der Waals surface area contributed by atoms with Crippen molar-refractivity contribution in [3.8, 4) is 0 Å². The van der Waals surface area contributed by atoms with E-state index in [4.69, 9.17) is 0 Å². The number of hydrogen-bond acceptors (Lipinski definition) is 3. The first kappa shape index (κ1) is 17.2. The summed E-state index contributed by atoms with van der Waals surface area (Å²) in [7, 11) is -2.85. The lowest BCUT2D eigenvalue weighted by Gasteiger charge is -2.18. The van der Waals surface area contributed by atoms with Crippen LogP contribution in [-0.4, -0.2) is 33.0 Å². The Bertz CT molecular complexity index is 480. The van der Waals surface area contributed by atoms with E-state index < -0.39 is 9.84 Å². The molecule has 0 fully saturated rings. The highest BCUT2D eigenvalue weighted by Gasteiger charge is 2.10. The van der Waals surface area contributed by atoms with Crippen LogP contribution in [0.3, 0.4) is 0 Å². The van der Waals surface area contributed by atoms with Gasteiger partial charge in [0.15, 0.2) is 0 Å². The monoisotopic (exact) mass is 297 g/mol. The van der Waals surface area contributed by atoms with Crippen LogP contribution in [0.25, 0.3) is 0 Å². The molecule has 1 aromatic rings. The summed E-state index contributed by atoms with van der Waals surface area (Å²) in [6, 6.07) is 8.93. The molecular formula is C16H27NO2S. The minimum absolute atomic E-state index is 0.283. The van der Waals surface area contributed by atoms with Gasteiger partial charge in [0.1, 0.15) is 9.84 Å². The number of aryl methyl sites for hydroxylation is 1. The summed E-state index contributed by atoms with van der Waals surface area (Å²) in [5.41, 5.74) is 2.58. The fourth-order valence-electron chi connectivity index (χ4n) is 2.23. The van der Waals surface area contributed by atoms with E-state index in [1.54, 1.807) is 0 Å². The molecule has 3 nitrogen and oxygen atoms in total. The first-order chi connectivity index (χ1) is 9.40. The number of nitrogens with one attached hydrogen (secondary N) is 1. The van der Waals surface area contributed by atoms with Crippen molar-refractivity contribution in [2.24, 2.45) is 0 Å². The molecule has 1 aromatic carbocycles. The van der Waals surface area contributed by atoms with Gasteiger partial charge in [-0.2, -0.15) is 0 Å². The zero-order chi connectivity index (χ0) is 15.0. The molecule has 0 spiro atoms. The van der Waals surface area contributed by atoms with Gasteiger partial charge < -0.3 is 5.32 Å². The highest BCUT2D eigenvalue weighted by molar-refractivity contribution is 7.90. The van der Waals surface area contributed by atoms with E-state index in [-0.39, 0.29) is 5.75 Å². The van der Waals surface area contributed by atoms with Crippen molar-refractivity contribution in [1.82, 2.24) is 5.32 Å². The first-order valence-electron chi connectivity index (χ1n) is 7.37. The third-order valence-corrected chi connectivity index (χ3v) is 4.38. The van der Waals surface area contributed by atoms with Gasteiger partial charge in [0.05, 0.1) is 0 Å². The van der Waals surface area contributed by atoms with Crippen LogP contribution in [0.4, 0.5) is 0 Å². The van der Waals surface area contributed by atoms with Gasteiger partial charge in [0.25, 0.3) is 0 Å². The second-order valence-electron chi connectivity index (χ2n) is 5.61. The summed E-state index contributed by atoms with van der Waals surface area (Å²) in [4.78, 5) is 0. The molecule has 0 radical (unpaired) electrons. The Kier molecular flexibility index (Phi) is 7.24. The Balaban J connectivity index is 2.52. The maximum absolute atomic E-state index is 11.2. The largest absolute Gasteiger partial charge is 0.314 e. The van der Waals surface area contributed by atoms with Gasteiger partial charge in [-0.1, -0.05) is 36.8 Å². The maximum atomic E-state index is 11.2. The minimum Gasteiger partial charge on any atom is -0.314 e. The molecule has 0 aromatic heterocycles. The van der Waals surface area contributed by atoms with Gasteiger partial charge in [0, 0.05) is 18.1 Å². The molecule has 0 aliphatic heterocycles. The molecule has 0 heterocycles. The van der Waals surface area contributed by atoms with Crippen LogP contribution < -0.4 is 5.32 Å². The van der Waals surface area contributed by atoms with E-state index in [0.29, 0.717) is 6.04 Å². The predicted octanol–water partition coefficient (Wildman–Crippen LogP) is 2.73. The fraction of sp³-hybridized carbons (Fsp3) is 0.625. The average Bonchev–Trinajstić information content (AvgIpc) is 2.37. The molecule has 0 aliphatic carbocycles. The van der Waals surface area contributed by atoms with Crippen molar-refractivity contribution in [1.29, 1.82) is 0 Å². The molecule has 0 saturated carbocycles. The Morgan fingerprint density at radius 2 is 1.85 bits per heavy atom. The Morgan fingerprint density at radius 1 is 1.20 bits per heavy atom. The van der Waals surface area contributed by atoms with Crippen molar-refractivity contribution in [3.63, 3.8) is 0 Å². The number of hydrogen-bond donors (Lipinski definition) is 1. The topological polar surface area (TPSA) is 46.2 Å². The van der Waals surface area contributed by atoms with Gasteiger partial charge in [0.2, 0.25) is 0 Å². The quantitative estimate of drug-likeness (QED) is 0.762. The zero-order valence-electron chi connectivity index (χ0n) is 12.9. The highest BCUT2D eigenvalue weighted by Crippen LogP contribution is 2.10. The molecule has 1 atom stereocenters. The third-order valence-electron chi connectivity index (χ3n) is 3.35. The lowest BCUT2D eigenvalue weighted by molar-refractivity contribution is 0.472. The van der Waals surface area contributed by atoms with Crippen LogP contribution in [-0.2, 0) is 16.3 Å². The minimum atomic E-state index is -2.85. The van der Waals surface area contributed by atoms with Gasteiger partial charge in [-0.05, 0) is 44.7 Å². The van der Waals surface area contributed by atoms with E-state index in [1.165, 1.54) is 17.4 Å². The molecule has 4 heteroatoms. The van der Waals surface area contributed by atoms with E-state index >= 15 is 0 Å². The van der Waals surface area contributed by atoms with E-state index in [9.17, 15) is 8.42 Å². The predicted molar refractivity (Wildman–Crippen MR) is 85.9 cm³/mol. The zero-order valence-corrected chi connectivity index (χ0v) is 13.7. The van der Waals surface area contributed by atoms with E-state index in [0.717, 1.165) is 32.2 Å². The van der Waals surface area contributed by atoms with Crippen LogP contribution in [0.1, 0.15) is 37.3 Å². The maximum Gasteiger partial charge on any atom is 0.147 e. The lowest BCUT2D eigenvalue weighted by atomic mass is 10.0. The number of sulfone groups is 1.